The summed E-state index contributed by atoms with van der Waals surface area (Å²) in [4.78, 5) is 25.6. The van der Waals surface area contributed by atoms with Crippen LogP contribution in [0.1, 0.15) is 31.8 Å². The molecule has 1 aliphatic rings. The van der Waals surface area contributed by atoms with E-state index in [9.17, 15) is 9.59 Å². The molecular weight excluding hydrogens is 314 g/mol. The second-order valence-electron chi connectivity index (χ2n) is 5.82. The molecule has 1 heterocycles. The van der Waals surface area contributed by atoms with Gasteiger partial charge in [0.05, 0.1) is 0 Å². The maximum Gasteiger partial charge on any atom is 0.253 e. The Morgan fingerprint density at radius 3 is 2.08 bits per heavy atom. The van der Waals surface area contributed by atoms with Gasteiger partial charge in [0.15, 0.2) is 0 Å². The smallest absolute Gasteiger partial charge is 0.253 e. The summed E-state index contributed by atoms with van der Waals surface area (Å²) in [6.07, 6.45) is 0. The normalized spacial score (nSPS) is 13.7. The highest BCUT2D eigenvalue weighted by atomic mass is 16.2. The van der Waals surface area contributed by atoms with Gasteiger partial charge in [0, 0.05) is 48.4 Å². The molecule has 0 aliphatic carbocycles. The van der Waals surface area contributed by atoms with Gasteiger partial charge in [-0.1, -0.05) is 24.0 Å². The van der Waals surface area contributed by atoms with E-state index in [0.717, 1.165) is 18.7 Å². The third kappa shape index (κ3) is 4.25. The van der Waals surface area contributed by atoms with Crippen molar-refractivity contribution in [3.05, 3.63) is 70.8 Å². The van der Waals surface area contributed by atoms with E-state index in [-0.39, 0.29) is 5.91 Å². The first-order chi connectivity index (χ1) is 12.1. The van der Waals surface area contributed by atoms with Gasteiger partial charge in [0.25, 0.3) is 5.91 Å². The first kappa shape index (κ1) is 16.7. The SMILES string of the molecule is NC(=O)c1cccc(C#Cc2cccc(C(=O)N3CCNCC3)c2)c1. The predicted molar refractivity (Wildman–Crippen MR) is 96.2 cm³/mol. The Kier molecular flexibility index (Phi) is 5.12. The Hall–Kier alpha value is -3.10. The van der Waals surface area contributed by atoms with E-state index >= 15 is 0 Å². The summed E-state index contributed by atoms with van der Waals surface area (Å²) in [7, 11) is 0. The Balaban J connectivity index is 1.79. The van der Waals surface area contributed by atoms with Crippen molar-refractivity contribution in [1.29, 1.82) is 0 Å². The second kappa shape index (κ2) is 7.65. The number of amides is 2. The summed E-state index contributed by atoms with van der Waals surface area (Å²) in [6, 6.07) is 14.2. The molecule has 3 rings (SSSR count). The number of hydrogen-bond acceptors (Lipinski definition) is 3. The number of nitrogens with two attached hydrogens (primary N) is 1. The molecule has 0 atom stereocenters. The Morgan fingerprint density at radius 1 is 0.920 bits per heavy atom. The third-order valence-electron chi connectivity index (χ3n) is 4.01. The van der Waals surface area contributed by atoms with Crippen LogP contribution >= 0.6 is 0 Å². The molecule has 2 aromatic carbocycles. The van der Waals surface area contributed by atoms with Gasteiger partial charge in [0.2, 0.25) is 5.91 Å². The summed E-state index contributed by atoms with van der Waals surface area (Å²) >= 11 is 0. The Morgan fingerprint density at radius 2 is 1.48 bits per heavy atom. The molecule has 0 unspecified atom stereocenters. The van der Waals surface area contributed by atoms with Crippen LogP contribution in [0.5, 0.6) is 0 Å². The highest BCUT2D eigenvalue weighted by molar-refractivity contribution is 5.94. The van der Waals surface area contributed by atoms with E-state index < -0.39 is 5.91 Å². The summed E-state index contributed by atoms with van der Waals surface area (Å²) < 4.78 is 0. The first-order valence-corrected chi connectivity index (χ1v) is 8.15. The van der Waals surface area contributed by atoms with Crippen LogP contribution in [0.3, 0.4) is 0 Å². The van der Waals surface area contributed by atoms with Crippen LogP contribution in [-0.4, -0.2) is 42.9 Å². The molecule has 1 fully saturated rings. The fourth-order valence-electron chi connectivity index (χ4n) is 2.68. The van der Waals surface area contributed by atoms with Crippen LogP contribution in [-0.2, 0) is 0 Å². The Labute approximate surface area is 146 Å². The average molecular weight is 333 g/mol. The number of carbonyl (C=O) groups is 2. The minimum Gasteiger partial charge on any atom is -0.366 e. The van der Waals surface area contributed by atoms with Gasteiger partial charge < -0.3 is 16.0 Å². The molecule has 0 bridgehead atoms. The van der Waals surface area contributed by atoms with Crippen LogP contribution in [0.15, 0.2) is 48.5 Å². The lowest BCUT2D eigenvalue weighted by Gasteiger charge is -2.27. The largest absolute Gasteiger partial charge is 0.366 e. The monoisotopic (exact) mass is 333 g/mol. The van der Waals surface area contributed by atoms with Crippen LogP contribution in [0.2, 0.25) is 0 Å². The highest BCUT2D eigenvalue weighted by Crippen LogP contribution is 2.09. The highest BCUT2D eigenvalue weighted by Gasteiger charge is 2.17. The van der Waals surface area contributed by atoms with Crippen LogP contribution in [0.25, 0.3) is 0 Å². The zero-order chi connectivity index (χ0) is 17.6. The predicted octanol–water partition coefficient (Wildman–Crippen LogP) is 1.23. The summed E-state index contributed by atoms with van der Waals surface area (Å²) in [5, 5.41) is 3.23. The number of carbonyl (C=O) groups excluding carboxylic acids is 2. The van der Waals surface area contributed by atoms with Crippen molar-refractivity contribution in [2.24, 2.45) is 5.73 Å². The lowest BCUT2D eigenvalue weighted by atomic mass is 10.1. The molecule has 3 N–H and O–H groups in total. The van der Waals surface area contributed by atoms with Gasteiger partial charge in [-0.15, -0.1) is 0 Å². The molecule has 2 amide bonds. The maximum absolute atomic E-state index is 12.5. The minimum absolute atomic E-state index is 0.0286. The Bertz CT molecular complexity index is 858. The summed E-state index contributed by atoms with van der Waals surface area (Å²) in [5.41, 5.74) is 7.80. The maximum atomic E-state index is 12.5. The van der Waals surface area contributed by atoms with E-state index in [0.29, 0.717) is 29.8 Å². The van der Waals surface area contributed by atoms with Gasteiger partial charge in [-0.3, -0.25) is 9.59 Å². The second-order valence-corrected chi connectivity index (χ2v) is 5.82. The molecule has 1 aliphatic heterocycles. The van der Waals surface area contributed by atoms with Gasteiger partial charge in [-0.05, 0) is 36.4 Å². The first-order valence-electron chi connectivity index (χ1n) is 8.15. The topological polar surface area (TPSA) is 75.4 Å². The molecule has 5 heteroatoms. The molecular formula is C20H19N3O2. The van der Waals surface area contributed by atoms with Gasteiger partial charge in [-0.2, -0.15) is 0 Å². The average Bonchev–Trinajstić information content (AvgIpc) is 2.67. The van der Waals surface area contributed by atoms with E-state index in [2.05, 4.69) is 17.2 Å². The number of nitrogens with zero attached hydrogens (tertiary/aromatic N) is 1. The van der Waals surface area contributed by atoms with E-state index in [4.69, 9.17) is 5.73 Å². The number of hydrogen-bond donors (Lipinski definition) is 2. The van der Waals surface area contributed by atoms with Crippen molar-refractivity contribution in [2.75, 3.05) is 26.2 Å². The zero-order valence-electron chi connectivity index (χ0n) is 13.8. The van der Waals surface area contributed by atoms with Gasteiger partial charge >= 0.3 is 0 Å². The number of piperazine rings is 1. The van der Waals surface area contributed by atoms with Crippen LogP contribution < -0.4 is 11.1 Å². The van der Waals surface area contributed by atoms with Crippen LogP contribution in [0.4, 0.5) is 0 Å². The van der Waals surface area contributed by atoms with Crippen LogP contribution in [0, 0.1) is 11.8 Å². The summed E-state index contributed by atoms with van der Waals surface area (Å²) in [5.74, 6) is 5.60. The lowest BCUT2D eigenvalue weighted by molar-refractivity contribution is 0.0735. The lowest BCUT2D eigenvalue weighted by Crippen LogP contribution is -2.46. The molecule has 5 nitrogen and oxygen atoms in total. The molecule has 126 valence electrons. The number of nitrogens with one attached hydrogen (secondary N) is 1. The van der Waals surface area contributed by atoms with Gasteiger partial charge in [0.1, 0.15) is 0 Å². The fourth-order valence-corrected chi connectivity index (χ4v) is 2.68. The number of primary amides is 1. The molecule has 0 radical (unpaired) electrons. The zero-order valence-corrected chi connectivity index (χ0v) is 13.8. The fraction of sp³-hybridized carbons (Fsp3) is 0.200. The minimum atomic E-state index is -0.479. The van der Waals surface area contributed by atoms with Crippen molar-refractivity contribution in [1.82, 2.24) is 10.2 Å². The number of rotatable bonds is 2. The molecule has 0 spiro atoms. The molecule has 0 saturated carbocycles. The van der Waals surface area contributed by atoms with E-state index in [1.807, 2.05) is 29.2 Å². The standard InChI is InChI=1S/C20H19N3O2/c21-19(24)17-5-1-3-15(13-17)7-8-16-4-2-6-18(14-16)20(25)23-11-9-22-10-12-23/h1-6,13-14,22H,9-12H2,(H2,21,24). The van der Waals surface area contributed by atoms with E-state index in [1.54, 1.807) is 24.3 Å². The molecule has 1 saturated heterocycles. The molecule has 0 aromatic heterocycles. The van der Waals surface area contributed by atoms with Gasteiger partial charge in [-0.25, -0.2) is 0 Å². The van der Waals surface area contributed by atoms with Crippen molar-refractivity contribution in [3.63, 3.8) is 0 Å². The van der Waals surface area contributed by atoms with Crippen molar-refractivity contribution < 1.29 is 9.59 Å². The number of benzene rings is 2. The quantitative estimate of drug-likeness (QED) is 0.812. The molecule has 2 aromatic rings. The van der Waals surface area contributed by atoms with E-state index in [1.165, 1.54) is 0 Å². The molecule has 25 heavy (non-hydrogen) atoms. The van der Waals surface area contributed by atoms with Crippen molar-refractivity contribution in [3.8, 4) is 11.8 Å². The van der Waals surface area contributed by atoms with Crippen molar-refractivity contribution >= 4 is 11.8 Å². The van der Waals surface area contributed by atoms with Crippen molar-refractivity contribution in [2.45, 2.75) is 0 Å². The third-order valence-corrected chi connectivity index (χ3v) is 4.01. The summed E-state index contributed by atoms with van der Waals surface area (Å²) in [6.45, 7) is 3.08.